The molecule has 2 aromatic heterocycles. The Kier molecular flexibility index (Phi) is 2.97. The number of rotatable bonds is 2. The maximum Gasteiger partial charge on any atom is 0.354 e. The fourth-order valence-corrected chi connectivity index (χ4v) is 2.40. The van der Waals surface area contributed by atoms with E-state index in [2.05, 4.69) is 10.1 Å². The first-order valence-electron chi connectivity index (χ1n) is 6.65. The van der Waals surface area contributed by atoms with Gasteiger partial charge in [-0.2, -0.15) is 5.10 Å². The molecule has 1 aromatic carbocycles. The predicted octanol–water partition coefficient (Wildman–Crippen LogP) is 3.04. The van der Waals surface area contributed by atoms with E-state index in [-0.39, 0.29) is 5.69 Å². The van der Waals surface area contributed by atoms with Crippen LogP contribution in [-0.2, 0) is 0 Å². The first kappa shape index (κ1) is 13.3. The fourth-order valence-electron chi connectivity index (χ4n) is 2.40. The molecule has 0 fully saturated rings. The minimum absolute atomic E-state index is 0.0221. The van der Waals surface area contributed by atoms with Crippen molar-refractivity contribution in [3.8, 4) is 5.69 Å². The van der Waals surface area contributed by atoms with Gasteiger partial charge in [0.15, 0.2) is 5.69 Å². The molecule has 5 heteroatoms. The first-order chi connectivity index (χ1) is 9.99. The van der Waals surface area contributed by atoms with Crippen molar-refractivity contribution in [1.82, 2.24) is 14.8 Å². The van der Waals surface area contributed by atoms with Gasteiger partial charge in [-0.15, -0.1) is 0 Å². The SMILES string of the molecule is Cc1nn(-c2cc(C(=O)O)nc3ccccc23)c(C)c1C. The van der Waals surface area contributed by atoms with Gasteiger partial charge in [0, 0.05) is 11.1 Å². The minimum Gasteiger partial charge on any atom is -0.477 e. The van der Waals surface area contributed by atoms with E-state index in [1.165, 1.54) is 0 Å². The van der Waals surface area contributed by atoms with E-state index in [1.807, 2.05) is 45.0 Å². The van der Waals surface area contributed by atoms with Crippen molar-refractivity contribution in [2.45, 2.75) is 20.8 Å². The van der Waals surface area contributed by atoms with Crippen molar-refractivity contribution in [3.05, 3.63) is 53.0 Å². The third-order valence-electron chi connectivity index (χ3n) is 3.79. The lowest BCUT2D eigenvalue weighted by Crippen LogP contribution is -2.06. The molecule has 21 heavy (non-hydrogen) atoms. The molecule has 3 aromatic rings. The molecule has 1 N–H and O–H groups in total. The highest BCUT2D eigenvalue weighted by Crippen LogP contribution is 2.25. The molecule has 0 bridgehead atoms. The quantitative estimate of drug-likeness (QED) is 0.784. The highest BCUT2D eigenvalue weighted by molar-refractivity contribution is 5.94. The number of hydrogen-bond donors (Lipinski definition) is 1. The van der Waals surface area contributed by atoms with Crippen LogP contribution in [0.15, 0.2) is 30.3 Å². The molecule has 106 valence electrons. The third kappa shape index (κ3) is 2.07. The van der Waals surface area contributed by atoms with Gasteiger partial charge < -0.3 is 5.11 Å². The van der Waals surface area contributed by atoms with Crippen molar-refractivity contribution < 1.29 is 9.90 Å². The molecule has 0 spiro atoms. The van der Waals surface area contributed by atoms with E-state index < -0.39 is 5.97 Å². The molecule has 0 saturated heterocycles. The molecule has 0 atom stereocenters. The normalized spacial score (nSPS) is 11.0. The Morgan fingerprint density at radius 2 is 1.90 bits per heavy atom. The molecule has 0 aliphatic heterocycles. The molecular formula is C16H15N3O2. The zero-order chi connectivity index (χ0) is 15.1. The number of carboxylic acid groups (broad SMARTS) is 1. The number of benzene rings is 1. The highest BCUT2D eigenvalue weighted by atomic mass is 16.4. The molecule has 0 aliphatic rings. The van der Waals surface area contributed by atoms with Crippen LogP contribution in [0, 0.1) is 20.8 Å². The zero-order valence-corrected chi connectivity index (χ0v) is 12.1. The summed E-state index contributed by atoms with van der Waals surface area (Å²) in [6, 6.07) is 9.06. The summed E-state index contributed by atoms with van der Waals surface area (Å²) in [6.45, 7) is 5.93. The summed E-state index contributed by atoms with van der Waals surface area (Å²) in [6.07, 6.45) is 0. The van der Waals surface area contributed by atoms with E-state index in [4.69, 9.17) is 0 Å². The maximum absolute atomic E-state index is 11.3. The lowest BCUT2D eigenvalue weighted by molar-refractivity contribution is 0.0691. The van der Waals surface area contributed by atoms with Gasteiger partial charge >= 0.3 is 5.97 Å². The Hall–Kier alpha value is -2.69. The monoisotopic (exact) mass is 281 g/mol. The van der Waals surface area contributed by atoms with Gasteiger partial charge in [-0.3, -0.25) is 0 Å². The number of aromatic carboxylic acids is 1. The Bertz CT molecular complexity index is 865. The van der Waals surface area contributed by atoms with E-state index >= 15 is 0 Å². The smallest absolute Gasteiger partial charge is 0.354 e. The lowest BCUT2D eigenvalue weighted by atomic mass is 10.1. The number of para-hydroxylation sites is 1. The van der Waals surface area contributed by atoms with Crippen LogP contribution < -0.4 is 0 Å². The summed E-state index contributed by atoms with van der Waals surface area (Å²) in [4.78, 5) is 15.5. The van der Waals surface area contributed by atoms with Gasteiger partial charge in [-0.1, -0.05) is 18.2 Å². The molecule has 0 amide bonds. The number of carbonyl (C=O) groups is 1. The molecular weight excluding hydrogens is 266 g/mol. The molecule has 3 rings (SSSR count). The minimum atomic E-state index is -1.04. The lowest BCUT2D eigenvalue weighted by Gasteiger charge is -2.10. The third-order valence-corrected chi connectivity index (χ3v) is 3.79. The Balaban J connectivity index is 2.39. The van der Waals surface area contributed by atoms with Gasteiger partial charge in [0.1, 0.15) is 0 Å². The van der Waals surface area contributed by atoms with Gasteiger partial charge in [-0.05, 0) is 38.5 Å². The van der Waals surface area contributed by atoms with Crippen molar-refractivity contribution >= 4 is 16.9 Å². The Morgan fingerprint density at radius 1 is 1.19 bits per heavy atom. The summed E-state index contributed by atoms with van der Waals surface area (Å²) >= 11 is 0. The summed E-state index contributed by atoms with van der Waals surface area (Å²) < 4.78 is 1.79. The molecule has 0 unspecified atom stereocenters. The van der Waals surface area contributed by atoms with E-state index in [0.29, 0.717) is 5.52 Å². The molecule has 2 heterocycles. The van der Waals surface area contributed by atoms with Crippen LogP contribution in [0.5, 0.6) is 0 Å². The fraction of sp³-hybridized carbons (Fsp3) is 0.188. The molecule has 0 aliphatic carbocycles. The van der Waals surface area contributed by atoms with Gasteiger partial charge in [-0.25, -0.2) is 14.5 Å². The second-order valence-corrected chi connectivity index (χ2v) is 5.06. The standard InChI is InChI=1S/C16H15N3O2/c1-9-10(2)18-19(11(9)3)15-8-14(16(20)21)17-13-7-5-4-6-12(13)15/h4-8H,1-3H3,(H,20,21). The number of hydrogen-bond acceptors (Lipinski definition) is 3. The Morgan fingerprint density at radius 3 is 2.52 bits per heavy atom. The van der Waals surface area contributed by atoms with Crippen LogP contribution in [0.25, 0.3) is 16.6 Å². The van der Waals surface area contributed by atoms with E-state index in [9.17, 15) is 9.90 Å². The van der Waals surface area contributed by atoms with E-state index in [1.54, 1.807) is 10.7 Å². The number of aromatic nitrogens is 3. The highest BCUT2D eigenvalue weighted by Gasteiger charge is 2.15. The Labute approximate surface area is 121 Å². The largest absolute Gasteiger partial charge is 0.477 e. The molecule has 5 nitrogen and oxygen atoms in total. The summed E-state index contributed by atoms with van der Waals surface area (Å²) in [7, 11) is 0. The van der Waals surface area contributed by atoms with Crippen molar-refractivity contribution in [2.24, 2.45) is 0 Å². The predicted molar refractivity (Wildman–Crippen MR) is 80.0 cm³/mol. The number of fused-ring (bicyclic) bond motifs is 1. The molecule has 0 saturated carbocycles. The van der Waals surface area contributed by atoms with Crippen LogP contribution in [0.1, 0.15) is 27.4 Å². The number of carboxylic acids is 1. The average Bonchev–Trinajstić information content (AvgIpc) is 2.73. The topological polar surface area (TPSA) is 68.0 Å². The van der Waals surface area contributed by atoms with Gasteiger partial charge in [0.05, 0.1) is 16.9 Å². The summed E-state index contributed by atoms with van der Waals surface area (Å²) in [5, 5.41) is 14.7. The number of pyridine rings is 1. The zero-order valence-electron chi connectivity index (χ0n) is 12.1. The van der Waals surface area contributed by atoms with Crippen molar-refractivity contribution in [3.63, 3.8) is 0 Å². The summed E-state index contributed by atoms with van der Waals surface area (Å²) in [5.41, 5.74) is 4.46. The van der Waals surface area contributed by atoms with Crippen LogP contribution in [-0.4, -0.2) is 25.8 Å². The van der Waals surface area contributed by atoms with Gasteiger partial charge in [0.2, 0.25) is 0 Å². The van der Waals surface area contributed by atoms with Crippen molar-refractivity contribution in [2.75, 3.05) is 0 Å². The van der Waals surface area contributed by atoms with E-state index in [0.717, 1.165) is 28.0 Å². The average molecular weight is 281 g/mol. The van der Waals surface area contributed by atoms with Crippen LogP contribution in [0.2, 0.25) is 0 Å². The first-order valence-corrected chi connectivity index (χ1v) is 6.65. The maximum atomic E-state index is 11.3. The number of aryl methyl sites for hydroxylation is 1. The summed E-state index contributed by atoms with van der Waals surface area (Å²) in [5.74, 6) is -1.04. The number of nitrogens with zero attached hydrogens (tertiary/aromatic N) is 3. The van der Waals surface area contributed by atoms with Crippen molar-refractivity contribution in [1.29, 1.82) is 0 Å². The molecule has 0 radical (unpaired) electrons. The van der Waals surface area contributed by atoms with Crippen LogP contribution in [0.4, 0.5) is 0 Å². The second kappa shape index (κ2) is 4.70. The van der Waals surface area contributed by atoms with Gasteiger partial charge in [0.25, 0.3) is 0 Å². The van der Waals surface area contributed by atoms with Crippen LogP contribution >= 0.6 is 0 Å². The second-order valence-electron chi connectivity index (χ2n) is 5.06. The van der Waals surface area contributed by atoms with Crippen LogP contribution in [0.3, 0.4) is 0 Å².